The van der Waals surface area contributed by atoms with Crippen LogP contribution in [0.3, 0.4) is 0 Å². The van der Waals surface area contributed by atoms with Crippen molar-refractivity contribution in [2.45, 2.75) is 18.6 Å². The van der Waals surface area contributed by atoms with Crippen LogP contribution in [0.4, 0.5) is 10.2 Å². The Labute approximate surface area is 193 Å². The van der Waals surface area contributed by atoms with Gasteiger partial charge in [0.15, 0.2) is 17.3 Å². The lowest BCUT2D eigenvalue weighted by Crippen LogP contribution is -2.18. The zero-order valence-electron chi connectivity index (χ0n) is 17.3. The molecule has 33 heavy (non-hydrogen) atoms. The van der Waals surface area contributed by atoms with Gasteiger partial charge in [0.25, 0.3) is 0 Å². The quantitative estimate of drug-likeness (QED) is 0.356. The topological polar surface area (TPSA) is 99.5 Å². The van der Waals surface area contributed by atoms with Crippen LogP contribution >= 0.6 is 12.8 Å². The SMILES string of the molecule is Nc1ncccc1-c1nc2ccc(-n3cccn3)nc2n1-c1ccc2c(c1)CC(F)C2NS. The van der Waals surface area contributed by atoms with Crippen LogP contribution in [0.2, 0.25) is 0 Å². The molecule has 0 radical (unpaired) electrons. The number of nitrogens with one attached hydrogen (secondary N) is 1. The molecule has 3 N–H and O–H groups in total. The monoisotopic (exact) mass is 458 g/mol. The second kappa shape index (κ2) is 7.68. The van der Waals surface area contributed by atoms with Crippen LogP contribution in [0, 0.1) is 0 Å². The standard InChI is InChI=1S/C23H19FN8S/c24-17-12-13-11-14(4-5-15(13)20(17)30-33)32-22(16-3-1-8-26-21(16)25)28-18-6-7-19(29-23(18)32)31-10-2-9-27-31/h1-11,17,20,30,33H,12H2,(H2,25,26). The number of nitrogens with zero attached hydrogens (tertiary/aromatic N) is 6. The highest BCUT2D eigenvalue weighted by atomic mass is 32.1. The minimum Gasteiger partial charge on any atom is -0.383 e. The van der Waals surface area contributed by atoms with Crippen LogP contribution in [-0.4, -0.2) is 35.5 Å². The zero-order valence-corrected chi connectivity index (χ0v) is 18.2. The Morgan fingerprint density at radius 3 is 2.79 bits per heavy atom. The highest BCUT2D eigenvalue weighted by molar-refractivity contribution is 7.78. The van der Waals surface area contributed by atoms with Gasteiger partial charge in [0.1, 0.15) is 17.5 Å². The Morgan fingerprint density at radius 1 is 1.09 bits per heavy atom. The van der Waals surface area contributed by atoms with Gasteiger partial charge in [-0.3, -0.25) is 9.29 Å². The zero-order chi connectivity index (χ0) is 22.5. The fourth-order valence-electron chi connectivity index (χ4n) is 4.40. The van der Waals surface area contributed by atoms with Crippen molar-refractivity contribution in [1.29, 1.82) is 0 Å². The third kappa shape index (κ3) is 3.18. The summed E-state index contributed by atoms with van der Waals surface area (Å²) in [5, 5.41) is 4.29. The van der Waals surface area contributed by atoms with E-state index in [1.807, 2.05) is 59.3 Å². The summed E-state index contributed by atoms with van der Waals surface area (Å²) in [6.45, 7) is 0. The van der Waals surface area contributed by atoms with Gasteiger partial charge in [-0.1, -0.05) is 18.9 Å². The lowest BCUT2D eigenvalue weighted by Gasteiger charge is -2.14. The number of hydrogen-bond acceptors (Lipinski definition) is 7. The number of thiol groups is 1. The Bertz CT molecular complexity index is 1480. The summed E-state index contributed by atoms with van der Waals surface area (Å²) in [4.78, 5) is 13.9. The summed E-state index contributed by atoms with van der Waals surface area (Å²) in [6, 6.07) is 14.7. The van der Waals surface area contributed by atoms with Gasteiger partial charge in [-0.2, -0.15) is 5.10 Å². The number of nitrogens with two attached hydrogens (primary N) is 1. The van der Waals surface area contributed by atoms with Crippen molar-refractivity contribution >= 4 is 29.8 Å². The molecule has 1 aromatic carbocycles. The Morgan fingerprint density at radius 2 is 2.00 bits per heavy atom. The molecule has 2 unspecified atom stereocenters. The van der Waals surface area contributed by atoms with Crippen molar-refractivity contribution in [3.63, 3.8) is 0 Å². The molecule has 8 nitrogen and oxygen atoms in total. The first-order chi connectivity index (χ1) is 16.1. The third-order valence-corrected chi connectivity index (χ3v) is 6.22. The molecule has 0 spiro atoms. The summed E-state index contributed by atoms with van der Waals surface area (Å²) in [6.07, 6.45) is 4.44. The maximum Gasteiger partial charge on any atom is 0.167 e. The Kier molecular flexibility index (Phi) is 4.63. The molecule has 0 bridgehead atoms. The van der Waals surface area contributed by atoms with Gasteiger partial charge in [0, 0.05) is 30.7 Å². The highest BCUT2D eigenvalue weighted by Crippen LogP contribution is 2.37. The lowest BCUT2D eigenvalue weighted by atomic mass is 10.1. The number of fused-ring (bicyclic) bond motifs is 2. The number of halogens is 1. The Balaban J connectivity index is 1.61. The van der Waals surface area contributed by atoms with Crippen LogP contribution in [0.5, 0.6) is 0 Å². The molecule has 4 heterocycles. The number of anilines is 1. The predicted molar refractivity (Wildman–Crippen MR) is 127 cm³/mol. The number of hydrogen-bond donors (Lipinski definition) is 3. The van der Waals surface area contributed by atoms with Crippen molar-refractivity contribution in [3.8, 4) is 22.9 Å². The molecule has 2 atom stereocenters. The molecule has 1 aliphatic rings. The highest BCUT2D eigenvalue weighted by Gasteiger charge is 2.32. The molecular weight excluding hydrogens is 439 g/mol. The lowest BCUT2D eigenvalue weighted by molar-refractivity contribution is 0.294. The fourth-order valence-corrected chi connectivity index (χ4v) is 4.70. The normalized spacial score (nSPS) is 17.5. The average Bonchev–Trinajstić information content (AvgIpc) is 3.55. The fraction of sp³-hybridized carbons (Fsp3) is 0.130. The molecule has 5 aromatic rings. The van der Waals surface area contributed by atoms with Crippen LogP contribution in [0.1, 0.15) is 17.2 Å². The second-order valence-corrected chi connectivity index (χ2v) is 8.14. The smallest absolute Gasteiger partial charge is 0.167 e. The first kappa shape index (κ1) is 19.9. The molecule has 1 aliphatic carbocycles. The van der Waals surface area contributed by atoms with Crippen LogP contribution in [-0.2, 0) is 6.42 Å². The van der Waals surface area contributed by atoms with E-state index in [0.29, 0.717) is 40.6 Å². The maximum atomic E-state index is 14.5. The van der Waals surface area contributed by atoms with E-state index < -0.39 is 12.2 Å². The molecular formula is C23H19FN8S. The minimum atomic E-state index is -1.04. The van der Waals surface area contributed by atoms with E-state index in [1.165, 1.54) is 0 Å². The Hall–Kier alpha value is -3.76. The summed E-state index contributed by atoms with van der Waals surface area (Å²) in [7, 11) is 0. The molecule has 0 saturated carbocycles. The van der Waals surface area contributed by atoms with Gasteiger partial charge in [0.05, 0.1) is 11.6 Å². The van der Waals surface area contributed by atoms with Crippen molar-refractivity contribution in [2.24, 2.45) is 0 Å². The van der Waals surface area contributed by atoms with E-state index in [9.17, 15) is 4.39 Å². The number of rotatable bonds is 4. The second-order valence-electron chi connectivity index (χ2n) is 7.88. The summed E-state index contributed by atoms with van der Waals surface area (Å²) in [5.41, 5.74) is 10.9. The van der Waals surface area contributed by atoms with Gasteiger partial charge < -0.3 is 5.73 Å². The van der Waals surface area contributed by atoms with Crippen molar-refractivity contribution in [3.05, 3.63) is 78.2 Å². The average molecular weight is 459 g/mol. The van der Waals surface area contributed by atoms with Crippen molar-refractivity contribution in [2.75, 3.05) is 5.73 Å². The number of aromatic nitrogens is 6. The van der Waals surface area contributed by atoms with Crippen LogP contribution in [0.15, 0.2) is 67.1 Å². The number of nitrogen functional groups attached to an aromatic ring is 1. The van der Waals surface area contributed by atoms with Crippen LogP contribution in [0.25, 0.3) is 34.1 Å². The molecule has 0 fully saturated rings. The van der Waals surface area contributed by atoms with Gasteiger partial charge in [0.2, 0.25) is 0 Å². The van der Waals surface area contributed by atoms with Crippen molar-refractivity contribution in [1.82, 2.24) is 34.0 Å². The molecule has 0 aliphatic heterocycles. The number of alkyl halides is 1. The summed E-state index contributed by atoms with van der Waals surface area (Å²) < 4.78 is 20.9. The molecule has 10 heteroatoms. The van der Waals surface area contributed by atoms with E-state index in [2.05, 4.69) is 27.6 Å². The number of pyridine rings is 2. The van der Waals surface area contributed by atoms with Gasteiger partial charge in [-0.15, -0.1) is 0 Å². The molecule has 0 saturated heterocycles. The van der Waals surface area contributed by atoms with E-state index in [1.54, 1.807) is 17.1 Å². The molecule has 0 amide bonds. The summed E-state index contributed by atoms with van der Waals surface area (Å²) in [5.74, 6) is 1.63. The van der Waals surface area contributed by atoms with Crippen molar-refractivity contribution < 1.29 is 4.39 Å². The van der Waals surface area contributed by atoms with E-state index in [0.717, 1.165) is 16.8 Å². The molecule has 6 rings (SSSR count). The molecule has 4 aromatic heterocycles. The van der Waals surface area contributed by atoms with Gasteiger partial charge in [-0.25, -0.2) is 24.0 Å². The largest absolute Gasteiger partial charge is 0.383 e. The van der Waals surface area contributed by atoms with E-state index in [4.69, 9.17) is 15.7 Å². The first-order valence-corrected chi connectivity index (χ1v) is 10.9. The summed E-state index contributed by atoms with van der Waals surface area (Å²) >= 11 is 4.11. The van der Waals surface area contributed by atoms with Gasteiger partial charge in [-0.05, 0) is 53.6 Å². The minimum absolute atomic E-state index is 0.310. The molecule has 164 valence electrons. The maximum absolute atomic E-state index is 14.5. The van der Waals surface area contributed by atoms with E-state index in [-0.39, 0.29) is 0 Å². The van der Waals surface area contributed by atoms with Crippen LogP contribution < -0.4 is 10.5 Å². The van der Waals surface area contributed by atoms with E-state index >= 15 is 0 Å². The first-order valence-electron chi connectivity index (χ1n) is 10.4. The number of imidazole rings is 1. The number of benzene rings is 1. The third-order valence-electron chi connectivity index (χ3n) is 5.94. The van der Waals surface area contributed by atoms with Gasteiger partial charge >= 0.3 is 0 Å². The predicted octanol–water partition coefficient (Wildman–Crippen LogP) is 3.62.